The summed E-state index contributed by atoms with van der Waals surface area (Å²) in [4.78, 5) is 41.9. The molecule has 1 spiro atoms. The van der Waals surface area contributed by atoms with E-state index >= 15 is 0 Å². The van der Waals surface area contributed by atoms with Crippen LogP contribution in [0.5, 0.6) is 0 Å². The zero-order chi connectivity index (χ0) is 19.5. The van der Waals surface area contributed by atoms with Gasteiger partial charge in [0.25, 0.3) is 11.8 Å². The number of benzene rings is 2. The zero-order valence-corrected chi connectivity index (χ0v) is 15.0. The van der Waals surface area contributed by atoms with Gasteiger partial charge >= 0.3 is 6.03 Å². The number of fused-ring (bicyclic) bond motifs is 2. The highest BCUT2D eigenvalue weighted by atomic mass is 19.1. The second kappa shape index (κ2) is 5.89. The molecule has 142 valence electrons. The summed E-state index contributed by atoms with van der Waals surface area (Å²) >= 11 is 0. The van der Waals surface area contributed by atoms with Gasteiger partial charge in [-0.1, -0.05) is 30.3 Å². The summed E-state index contributed by atoms with van der Waals surface area (Å²) in [6.45, 7) is 0.531. The number of hydrogen-bond acceptors (Lipinski definition) is 3. The van der Waals surface area contributed by atoms with Gasteiger partial charge in [0.2, 0.25) is 5.54 Å². The van der Waals surface area contributed by atoms with Gasteiger partial charge in [0.15, 0.2) is 0 Å². The van der Waals surface area contributed by atoms with Crippen molar-refractivity contribution in [3.8, 4) is 0 Å². The number of para-hydroxylation sites is 1. The Morgan fingerprint density at radius 2 is 1.64 bits per heavy atom. The third kappa shape index (κ3) is 2.35. The van der Waals surface area contributed by atoms with Gasteiger partial charge in [0.1, 0.15) is 5.82 Å². The van der Waals surface area contributed by atoms with Gasteiger partial charge in [-0.15, -0.1) is 0 Å². The molecule has 1 unspecified atom stereocenters. The number of hydrogen-bond donors (Lipinski definition) is 1. The average Bonchev–Trinajstić information content (AvgIpc) is 3.45. The summed E-state index contributed by atoms with van der Waals surface area (Å²) in [6.07, 6.45) is 1.98. The molecule has 2 aliphatic heterocycles. The first kappa shape index (κ1) is 16.9. The standard InChI is InChI=1S/C21H18FN3O3/c22-15-9-7-14(8-10-15)11-24-17-4-2-1-3-16(17)21(18(24)26)19(27)25(20(28)23-21)12-13-5-6-13/h1-4,7-10,13H,5-6,11-12H2,(H,23,28). The molecule has 0 aromatic heterocycles. The molecule has 28 heavy (non-hydrogen) atoms. The average molecular weight is 379 g/mol. The molecule has 5 rings (SSSR count). The molecule has 2 aromatic carbocycles. The van der Waals surface area contributed by atoms with E-state index in [4.69, 9.17) is 0 Å². The summed E-state index contributed by atoms with van der Waals surface area (Å²) < 4.78 is 13.2. The number of carbonyl (C=O) groups is 3. The first-order valence-electron chi connectivity index (χ1n) is 9.31. The smallest absolute Gasteiger partial charge is 0.311 e. The van der Waals surface area contributed by atoms with Crippen molar-refractivity contribution in [1.82, 2.24) is 10.2 Å². The molecule has 1 saturated carbocycles. The van der Waals surface area contributed by atoms with E-state index in [0.717, 1.165) is 18.4 Å². The van der Waals surface area contributed by atoms with E-state index in [1.165, 1.54) is 21.9 Å². The lowest BCUT2D eigenvalue weighted by molar-refractivity contribution is -0.138. The van der Waals surface area contributed by atoms with E-state index in [-0.39, 0.29) is 12.4 Å². The third-order valence-electron chi connectivity index (χ3n) is 5.66. The Bertz CT molecular complexity index is 1000. The molecule has 1 aliphatic carbocycles. The summed E-state index contributed by atoms with van der Waals surface area (Å²) in [5, 5.41) is 2.68. The summed E-state index contributed by atoms with van der Waals surface area (Å²) in [6, 6.07) is 12.3. The molecule has 2 fully saturated rings. The zero-order valence-electron chi connectivity index (χ0n) is 15.0. The van der Waals surface area contributed by atoms with Crippen molar-refractivity contribution in [1.29, 1.82) is 0 Å². The Morgan fingerprint density at radius 3 is 2.36 bits per heavy atom. The minimum Gasteiger partial charge on any atom is -0.311 e. The molecule has 2 heterocycles. The van der Waals surface area contributed by atoms with Crippen molar-refractivity contribution in [2.75, 3.05) is 11.4 Å². The van der Waals surface area contributed by atoms with E-state index in [0.29, 0.717) is 23.7 Å². The maximum atomic E-state index is 13.5. The highest BCUT2D eigenvalue weighted by Crippen LogP contribution is 2.45. The topological polar surface area (TPSA) is 69.7 Å². The Morgan fingerprint density at radius 1 is 0.964 bits per heavy atom. The lowest BCUT2D eigenvalue weighted by Gasteiger charge is -2.22. The van der Waals surface area contributed by atoms with Crippen LogP contribution in [0.2, 0.25) is 0 Å². The number of rotatable bonds is 4. The van der Waals surface area contributed by atoms with Crippen molar-refractivity contribution in [3.63, 3.8) is 0 Å². The van der Waals surface area contributed by atoms with Crippen LogP contribution in [-0.2, 0) is 21.7 Å². The van der Waals surface area contributed by atoms with E-state index in [1.54, 1.807) is 36.4 Å². The van der Waals surface area contributed by atoms with Gasteiger partial charge in [-0.2, -0.15) is 0 Å². The molecule has 1 atom stereocenters. The number of carbonyl (C=O) groups excluding carboxylic acids is 3. The number of nitrogens with one attached hydrogen (secondary N) is 1. The van der Waals surface area contributed by atoms with Crippen molar-refractivity contribution in [3.05, 3.63) is 65.5 Å². The lowest BCUT2D eigenvalue weighted by atomic mass is 9.91. The fraction of sp³-hybridized carbons (Fsp3) is 0.286. The van der Waals surface area contributed by atoms with Gasteiger partial charge in [-0.3, -0.25) is 14.5 Å². The maximum absolute atomic E-state index is 13.5. The predicted molar refractivity (Wildman–Crippen MR) is 98.7 cm³/mol. The quantitative estimate of drug-likeness (QED) is 0.656. The molecule has 1 N–H and O–H groups in total. The normalized spacial score (nSPS) is 23.5. The molecule has 7 heteroatoms. The van der Waals surface area contributed by atoms with Gasteiger partial charge in [-0.05, 0) is 42.5 Å². The predicted octanol–water partition coefficient (Wildman–Crippen LogP) is 2.53. The number of imide groups is 1. The molecule has 6 nitrogen and oxygen atoms in total. The SMILES string of the molecule is O=C1NC2(C(=O)N1CC1CC1)C(=O)N(Cc1ccc(F)cc1)c1ccccc12. The second-order valence-electron chi connectivity index (χ2n) is 7.57. The summed E-state index contributed by atoms with van der Waals surface area (Å²) in [5.74, 6) is -1.02. The highest BCUT2D eigenvalue weighted by molar-refractivity contribution is 6.27. The van der Waals surface area contributed by atoms with E-state index in [9.17, 15) is 18.8 Å². The minimum atomic E-state index is -1.71. The molecular formula is C21H18FN3O3. The van der Waals surface area contributed by atoms with Gasteiger partial charge in [0, 0.05) is 12.1 Å². The van der Waals surface area contributed by atoms with E-state index in [1.807, 2.05) is 0 Å². The maximum Gasteiger partial charge on any atom is 0.325 e. The molecule has 0 radical (unpaired) electrons. The molecule has 3 aliphatic rings. The fourth-order valence-electron chi connectivity index (χ4n) is 4.01. The van der Waals surface area contributed by atoms with Crippen LogP contribution in [0.3, 0.4) is 0 Å². The van der Waals surface area contributed by atoms with E-state index in [2.05, 4.69) is 5.32 Å². The van der Waals surface area contributed by atoms with Crippen LogP contribution < -0.4 is 10.2 Å². The highest BCUT2D eigenvalue weighted by Gasteiger charge is 2.64. The van der Waals surface area contributed by atoms with Crippen molar-refractivity contribution >= 4 is 23.5 Å². The number of anilines is 1. The third-order valence-corrected chi connectivity index (χ3v) is 5.66. The summed E-state index contributed by atoms with van der Waals surface area (Å²) in [5.41, 5.74) is 0.0912. The molecule has 4 amide bonds. The van der Waals surface area contributed by atoms with Gasteiger partial charge in [-0.25, -0.2) is 9.18 Å². The first-order valence-corrected chi connectivity index (χ1v) is 9.31. The minimum absolute atomic E-state index is 0.184. The van der Waals surface area contributed by atoms with E-state index < -0.39 is 23.4 Å². The Labute approximate surface area is 160 Å². The van der Waals surface area contributed by atoms with Gasteiger partial charge in [0.05, 0.1) is 12.2 Å². The lowest BCUT2D eigenvalue weighted by Crippen LogP contribution is -2.52. The van der Waals surface area contributed by atoms with Crippen LogP contribution in [0.1, 0.15) is 24.0 Å². The number of urea groups is 1. The van der Waals surface area contributed by atoms with Crippen LogP contribution in [0.15, 0.2) is 48.5 Å². The molecule has 1 saturated heterocycles. The monoisotopic (exact) mass is 379 g/mol. The van der Waals surface area contributed by atoms with Crippen LogP contribution in [0.25, 0.3) is 0 Å². The molecule has 2 aromatic rings. The molecular weight excluding hydrogens is 361 g/mol. The van der Waals surface area contributed by atoms with Crippen molar-refractivity contribution in [2.24, 2.45) is 5.92 Å². The second-order valence-corrected chi connectivity index (χ2v) is 7.57. The first-order chi connectivity index (χ1) is 13.5. The Balaban J connectivity index is 1.54. The van der Waals surface area contributed by atoms with Gasteiger partial charge < -0.3 is 10.2 Å². The van der Waals surface area contributed by atoms with Crippen LogP contribution >= 0.6 is 0 Å². The number of halogens is 1. The van der Waals surface area contributed by atoms with Crippen molar-refractivity contribution in [2.45, 2.75) is 24.9 Å². The largest absolute Gasteiger partial charge is 0.325 e. The Kier molecular flexibility index (Phi) is 3.56. The number of nitrogens with zero attached hydrogens (tertiary/aromatic N) is 2. The van der Waals surface area contributed by atoms with Crippen molar-refractivity contribution < 1.29 is 18.8 Å². The summed E-state index contributed by atoms with van der Waals surface area (Å²) in [7, 11) is 0. The fourth-order valence-corrected chi connectivity index (χ4v) is 4.01. The molecule has 0 bridgehead atoms. The van der Waals surface area contributed by atoms with Crippen LogP contribution in [0, 0.1) is 11.7 Å². The van der Waals surface area contributed by atoms with Crippen LogP contribution in [0.4, 0.5) is 14.9 Å². The Hall–Kier alpha value is -3.22. The van der Waals surface area contributed by atoms with Crippen LogP contribution in [-0.4, -0.2) is 29.3 Å². The number of amides is 4.